The number of halogens is 1. The molecule has 0 saturated carbocycles. The fourth-order valence-corrected chi connectivity index (χ4v) is 2.66. The summed E-state index contributed by atoms with van der Waals surface area (Å²) in [6.45, 7) is 6.91. The summed E-state index contributed by atoms with van der Waals surface area (Å²) in [4.78, 5) is 7.04. The summed E-state index contributed by atoms with van der Waals surface area (Å²) in [5.41, 5.74) is 2.01. The largest absolute Gasteiger partial charge is 0.376 e. The quantitative estimate of drug-likeness (QED) is 0.846. The van der Waals surface area contributed by atoms with E-state index in [0.29, 0.717) is 12.1 Å². The van der Waals surface area contributed by atoms with Crippen molar-refractivity contribution in [2.45, 2.75) is 32.5 Å². The number of pyridine rings is 1. The molecular weight excluding hydrogens is 262 g/mol. The van der Waals surface area contributed by atoms with E-state index in [-0.39, 0.29) is 0 Å². The highest BCUT2D eigenvalue weighted by Crippen LogP contribution is 2.17. The van der Waals surface area contributed by atoms with Crippen molar-refractivity contribution in [2.75, 3.05) is 13.2 Å². The lowest BCUT2D eigenvalue weighted by Gasteiger charge is -2.36. The van der Waals surface area contributed by atoms with E-state index in [0.717, 1.165) is 36.1 Å². The predicted molar refractivity (Wildman–Crippen MR) is 75.5 cm³/mol. The van der Waals surface area contributed by atoms with Gasteiger partial charge in [-0.2, -0.15) is 0 Å². The van der Waals surface area contributed by atoms with Crippen LogP contribution < -0.4 is 0 Å². The Labute approximate surface area is 117 Å². The van der Waals surface area contributed by atoms with Gasteiger partial charge < -0.3 is 9.14 Å². The second-order valence-corrected chi connectivity index (χ2v) is 5.70. The van der Waals surface area contributed by atoms with Crippen LogP contribution in [0.3, 0.4) is 0 Å². The van der Waals surface area contributed by atoms with Crippen LogP contribution in [-0.4, -0.2) is 39.6 Å². The first-order valence-electron chi connectivity index (χ1n) is 6.60. The number of nitrogens with zero attached hydrogens (tertiary/aromatic N) is 3. The number of ether oxygens (including phenoxy) is 1. The van der Waals surface area contributed by atoms with E-state index in [2.05, 4.69) is 23.7 Å². The maximum atomic E-state index is 5.99. The van der Waals surface area contributed by atoms with Gasteiger partial charge in [-0.1, -0.05) is 11.6 Å². The Balaban J connectivity index is 1.80. The summed E-state index contributed by atoms with van der Waals surface area (Å²) in [5, 5.41) is 0.727. The third-order valence-corrected chi connectivity index (χ3v) is 3.79. The first-order chi connectivity index (χ1) is 9.11. The van der Waals surface area contributed by atoms with Crippen LogP contribution in [0.2, 0.25) is 5.02 Å². The minimum absolute atomic E-state index is 0.294. The average Bonchev–Trinajstić information content (AvgIpc) is 2.75. The zero-order chi connectivity index (χ0) is 13.4. The molecule has 3 rings (SSSR count). The van der Waals surface area contributed by atoms with Gasteiger partial charge in [0, 0.05) is 31.5 Å². The maximum Gasteiger partial charge on any atom is 0.137 e. The fourth-order valence-electron chi connectivity index (χ4n) is 2.49. The molecule has 3 heterocycles. The predicted octanol–water partition coefficient (Wildman–Crippen LogP) is 2.60. The van der Waals surface area contributed by atoms with Crippen molar-refractivity contribution in [3.63, 3.8) is 0 Å². The highest BCUT2D eigenvalue weighted by Gasteiger charge is 2.23. The van der Waals surface area contributed by atoms with Crippen molar-refractivity contribution in [1.82, 2.24) is 14.3 Å². The van der Waals surface area contributed by atoms with Crippen molar-refractivity contribution in [2.24, 2.45) is 0 Å². The van der Waals surface area contributed by atoms with Crippen LogP contribution in [0.5, 0.6) is 0 Å². The lowest BCUT2D eigenvalue weighted by Crippen LogP contribution is -2.46. The molecule has 0 radical (unpaired) electrons. The molecule has 0 N–H and O–H groups in total. The molecule has 2 aromatic heterocycles. The second-order valence-electron chi connectivity index (χ2n) is 5.27. The number of hydrogen-bond acceptors (Lipinski definition) is 3. The summed E-state index contributed by atoms with van der Waals surface area (Å²) >= 11 is 5.99. The minimum atomic E-state index is 0.294. The molecule has 1 saturated heterocycles. The normalized spacial score (nSPS) is 25.0. The van der Waals surface area contributed by atoms with Gasteiger partial charge in [-0.3, -0.25) is 4.90 Å². The van der Waals surface area contributed by atoms with Gasteiger partial charge in [0.1, 0.15) is 5.65 Å². The van der Waals surface area contributed by atoms with Gasteiger partial charge in [-0.25, -0.2) is 4.98 Å². The van der Waals surface area contributed by atoms with E-state index in [1.165, 1.54) is 0 Å². The first-order valence-corrected chi connectivity index (χ1v) is 6.98. The van der Waals surface area contributed by atoms with E-state index >= 15 is 0 Å². The first kappa shape index (κ1) is 12.9. The van der Waals surface area contributed by atoms with Crippen LogP contribution >= 0.6 is 11.6 Å². The van der Waals surface area contributed by atoms with Crippen molar-refractivity contribution < 1.29 is 4.74 Å². The molecule has 4 nitrogen and oxygen atoms in total. The standard InChI is InChI=1S/C14H18ClN3O/c1-10-9-19-11(2)5-17(10)7-13-8-18-6-12(15)3-4-14(18)16-13/h3-4,6,8,10-11H,5,7,9H2,1-2H3/t10-,11+/m0/s1. The Hall–Kier alpha value is -1.10. The highest BCUT2D eigenvalue weighted by atomic mass is 35.5. The van der Waals surface area contributed by atoms with Crippen molar-refractivity contribution in [3.05, 3.63) is 35.2 Å². The number of rotatable bonds is 2. The van der Waals surface area contributed by atoms with Gasteiger partial charge in [0.25, 0.3) is 0 Å². The molecule has 1 fully saturated rings. The Morgan fingerprint density at radius 1 is 1.37 bits per heavy atom. The lowest BCUT2D eigenvalue weighted by atomic mass is 10.2. The molecule has 0 aromatic carbocycles. The molecule has 0 bridgehead atoms. The SMILES string of the molecule is C[C@@H]1CN(Cc2cn3cc(Cl)ccc3n2)[C@@H](C)CO1. The van der Waals surface area contributed by atoms with Gasteiger partial charge in [0.05, 0.1) is 23.4 Å². The second kappa shape index (κ2) is 5.12. The number of aromatic nitrogens is 2. The molecule has 5 heteroatoms. The number of fused-ring (bicyclic) bond motifs is 1. The van der Waals surface area contributed by atoms with E-state index < -0.39 is 0 Å². The van der Waals surface area contributed by atoms with E-state index in [1.54, 1.807) is 0 Å². The number of hydrogen-bond donors (Lipinski definition) is 0. The molecule has 19 heavy (non-hydrogen) atoms. The maximum absolute atomic E-state index is 5.99. The molecule has 0 aliphatic carbocycles. The van der Waals surface area contributed by atoms with Crippen LogP contribution in [0.15, 0.2) is 24.5 Å². The summed E-state index contributed by atoms with van der Waals surface area (Å²) in [6, 6.07) is 4.24. The van der Waals surface area contributed by atoms with Gasteiger partial charge in [-0.05, 0) is 26.0 Å². The molecule has 0 unspecified atom stereocenters. The Morgan fingerprint density at radius 3 is 3.05 bits per heavy atom. The third-order valence-electron chi connectivity index (χ3n) is 3.57. The molecule has 1 aliphatic heterocycles. The van der Waals surface area contributed by atoms with E-state index in [1.807, 2.05) is 28.9 Å². The molecule has 0 spiro atoms. The number of imidazole rings is 1. The van der Waals surface area contributed by atoms with Gasteiger partial charge in [-0.15, -0.1) is 0 Å². The van der Waals surface area contributed by atoms with Crippen molar-refractivity contribution >= 4 is 17.2 Å². The molecule has 2 aromatic rings. The van der Waals surface area contributed by atoms with Crippen molar-refractivity contribution in [1.29, 1.82) is 0 Å². The molecule has 1 aliphatic rings. The zero-order valence-electron chi connectivity index (χ0n) is 11.2. The van der Waals surface area contributed by atoms with Crippen LogP contribution in [0.25, 0.3) is 5.65 Å². The van der Waals surface area contributed by atoms with Crippen LogP contribution in [-0.2, 0) is 11.3 Å². The van der Waals surface area contributed by atoms with Gasteiger partial charge in [0.2, 0.25) is 0 Å². The summed E-state index contributed by atoms with van der Waals surface area (Å²) in [5.74, 6) is 0. The minimum Gasteiger partial charge on any atom is -0.376 e. The van der Waals surface area contributed by atoms with Crippen LogP contribution in [0, 0.1) is 0 Å². The number of morpholine rings is 1. The third kappa shape index (κ3) is 2.76. The average molecular weight is 280 g/mol. The monoisotopic (exact) mass is 279 g/mol. The highest BCUT2D eigenvalue weighted by molar-refractivity contribution is 6.30. The van der Waals surface area contributed by atoms with Gasteiger partial charge >= 0.3 is 0 Å². The Bertz CT molecular complexity index is 583. The fraction of sp³-hybridized carbons (Fsp3) is 0.500. The van der Waals surface area contributed by atoms with Crippen LogP contribution in [0.4, 0.5) is 0 Å². The molecular formula is C14H18ClN3O. The Morgan fingerprint density at radius 2 is 2.21 bits per heavy atom. The molecule has 2 atom stereocenters. The van der Waals surface area contributed by atoms with E-state index in [9.17, 15) is 0 Å². The van der Waals surface area contributed by atoms with Crippen LogP contribution in [0.1, 0.15) is 19.5 Å². The smallest absolute Gasteiger partial charge is 0.137 e. The van der Waals surface area contributed by atoms with Crippen molar-refractivity contribution in [3.8, 4) is 0 Å². The summed E-state index contributed by atoms with van der Waals surface area (Å²) in [7, 11) is 0. The van der Waals surface area contributed by atoms with Gasteiger partial charge in [0.15, 0.2) is 0 Å². The topological polar surface area (TPSA) is 29.8 Å². The Kier molecular flexibility index (Phi) is 3.48. The molecule has 0 amide bonds. The summed E-state index contributed by atoms with van der Waals surface area (Å²) in [6.07, 6.45) is 4.23. The summed E-state index contributed by atoms with van der Waals surface area (Å²) < 4.78 is 7.63. The van der Waals surface area contributed by atoms with E-state index in [4.69, 9.17) is 16.3 Å². The lowest BCUT2D eigenvalue weighted by molar-refractivity contribution is -0.0530. The zero-order valence-corrected chi connectivity index (χ0v) is 12.0. The molecule has 102 valence electrons.